The molecular weight excluding hydrogens is 292 g/mol. The van der Waals surface area contributed by atoms with Crippen molar-refractivity contribution < 1.29 is 17.9 Å². The van der Waals surface area contributed by atoms with Crippen molar-refractivity contribution in [3.8, 4) is 0 Å². The Morgan fingerprint density at radius 2 is 1.90 bits per heavy atom. The van der Waals surface area contributed by atoms with Gasteiger partial charge in [-0.15, -0.1) is 0 Å². The van der Waals surface area contributed by atoms with Crippen molar-refractivity contribution in [3.05, 3.63) is 46.9 Å². The van der Waals surface area contributed by atoms with E-state index in [1.807, 2.05) is 13.8 Å². The summed E-state index contributed by atoms with van der Waals surface area (Å²) in [4.78, 5) is 0.0728. The Morgan fingerprint density at radius 1 is 1.24 bits per heavy atom. The highest BCUT2D eigenvalue weighted by Crippen LogP contribution is 2.24. The van der Waals surface area contributed by atoms with Crippen LogP contribution in [0.2, 0.25) is 0 Å². The number of aliphatic hydroxyl groups is 1. The molecule has 4 N–H and O–H groups in total. The summed E-state index contributed by atoms with van der Waals surface area (Å²) >= 11 is 0. The van der Waals surface area contributed by atoms with Crippen LogP contribution in [0, 0.1) is 13.8 Å². The first-order valence-electron chi connectivity index (χ1n) is 6.37. The first-order chi connectivity index (χ1) is 9.81. The van der Waals surface area contributed by atoms with E-state index >= 15 is 0 Å². The molecule has 1 heterocycles. The van der Waals surface area contributed by atoms with Crippen LogP contribution in [0.4, 0.5) is 5.69 Å². The van der Waals surface area contributed by atoms with Crippen LogP contribution in [0.3, 0.4) is 0 Å². The number of hydrogen-bond acceptors (Lipinski definition) is 5. The first kappa shape index (κ1) is 15.6. The van der Waals surface area contributed by atoms with Crippen molar-refractivity contribution in [2.75, 3.05) is 5.32 Å². The van der Waals surface area contributed by atoms with Crippen LogP contribution in [0.25, 0.3) is 0 Å². The lowest BCUT2D eigenvalue weighted by atomic mass is 10.1. The Morgan fingerprint density at radius 3 is 2.48 bits per heavy atom. The minimum absolute atomic E-state index is 0.0728. The molecule has 0 aliphatic carbocycles. The summed E-state index contributed by atoms with van der Waals surface area (Å²) in [7, 11) is -3.74. The molecule has 1 aromatic heterocycles. The Labute approximate surface area is 123 Å². The fraction of sp³-hybridized carbons (Fsp3) is 0.286. The molecule has 0 aliphatic rings. The van der Waals surface area contributed by atoms with Crippen LogP contribution >= 0.6 is 0 Å². The van der Waals surface area contributed by atoms with Gasteiger partial charge in [0.1, 0.15) is 18.1 Å². The van der Waals surface area contributed by atoms with E-state index in [9.17, 15) is 8.42 Å². The Kier molecular flexibility index (Phi) is 4.36. The second-order valence-electron chi connectivity index (χ2n) is 4.84. The zero-order chi connectivity index (χ0) is 15.6. The van der Waals surface area contributed by atoms with E-state index in [-0.39, 0.29) is 11.5 Å². The van der Waals surface area contributed by atoms with Gasteiger partial charge < -0.3 is 14.8 Å². The minimum atomic E-state index is -3.74. The second-order valence-corrected chi connectivity index (χ2v) is 6.40. The first-order valence-corrected chi connectivity index (χ1v) is 7.92. The van der Waals surface area contributed by atoms with Gasteiger partial charge in [0, 0.05) is 5.69 Å². The number of rotatable bonds is 5. The van der Waals surface area contributed by atoms with Crippen LogP contribution < -0.4 is 10.5 Å². The normalized spacial score (nSPS) is 11.6. The molecule has 21 heavy (non-hydrogen) atoms. The number of anilines is 1. The number of furan rings is 1. The molecule has 0 radical (unpaired) electrons. The fourth-order valence-electron chi connectivity index (χ4n) is 1.96. The minimum Gasteiger partial charge on any atom is -0.462 e. The van der Waals surface area contributed by atoms with Crippen LogP contribution in [0.1, 0.15) is 22.6 Å². The van der Waals surface area contributed by atoms with E-state index in [4.69, 9.17) is 14.7 Å². The SMILES string of the molecule is Cc1cc(S(N)(=O)=O)cc(NCc2ccc(CO)o2)c1C. The Bertz CT molecular complexity index is 750. The van der Waals surface area contributed by atoms with Crippen molar-refractivity contribution >= 4 is 15.7 Å². The van der Waals surface area contributed by atoms with E-state index < -0.39 is 10.0 Å². The second kappa shape index (κ2) is 5.88. The zero-order valence-electron chi connectivity index (χ0n) is 11.9. The summed E-state index contributed by atoms with van der Waals surface area (Å²) in [5, 5.41) is 17.2. The maximum absolute atomic E-state index is 11.5. The molecule has 0 aliphatic heterocycles. The average Bonchev–Trinajstić information content (AvgIpc) is 2.87. The van der Waals surface area contributed by atoms with Gasteiger partial charge in [-0.25, -0.2) is 13.6 Å². The molecule has 0 atom stereocenters. The third-order valence-corrected chi connectivity index (χ3v) is 4.19. The predicted octanol–water partition coefficient (Wildman–Crippen LogP) is 1.65. The van der Waals surface area contributed by atoms with Gasteiger partial charge in [-0.05, 0) is 49.2 Å². The highest BCUT2D eigenvalue weighted by atomic mass is 32.2. The van der Waals surface area contributed by atoms with Crippen LogP contribution in [-0.4, -0.2) is 13.5 Å². The average molecular weight is 310 g/mol. The maximum atomic E-state index is 11.5. The van der Waals surface area contributed by atoms with Gasteiger partial charge in [-0.3, -0.25) is 0 Å². The molecule has 0 amide bonds. The van der Waals surface area contributed by atoms with Crippen molar-refractivity contribution in [1.29, 1.82) is 0 Å². The summed E-state index contributed by atoms with van der Waals surface area (Å²) in [6.07, 6.45) is 0. The molecule has 0 fully saturated rings. The molecule has 6 nitrogen and oxygen atoms in total. The van der Waals surface area contributed by atoms with Gasteiger partial charge in [-0.2, -0.15) is 0 Å². The highest BCUT2D eigenvalue weighted by Gasteiger charge is 2.12. The van der Waals surface area contributed by atoms with Crippen LogP contribution in [0.5, 0.6) is 0 Å². The summed E-state index contributed by atoms with van der Waals surface area (Å²) in [5.41, 5.74) is 2.46. The van der Waals surface area contributed by atoms with E-state index in [0.717, 1.165) is 11.1 Å². The molecule has 2 rings (SSSR count). The number of nitrogens with one attached hydrogen (secondary N) is 1. The van der Waals surface area contributed by atoms with E-state index in [2.05, 4.69) is 5.32 Å². The summed E-state index contributed by atoms with van der Waals surface area (Å²) < 4.78 is 28.3. The largest absolute Gasteiger partial charge is 0.462 e. The topological polar surface area (TPSA) is 106 Å². The number of hydrogen-bond donors (Lipinski definition) is 3. The quantitative estimate of drug-likeness (QED) is 0.778. The molecule has 0 spiro atoms. The summed E-state index contributed by atoms with van der Waals surface area (Å²) in [6, 6.07) is 6.50. The summed E-state index contributed by atoms with van der Waals surface area (Å²) in [6.45, 7) is 3.95. The molecule has 0 bridgehead atoms. The monoisotopic (exact) mass is 310 g/mol. The predicted molar refractivity (Wildman–Crippen MR) is 79.2 cm³/mol. The van der Waals surface area contributed by atoms with Crippen molar-refractivity contribution in [2.45, 2.75) is 31.9 Å². The number of primary sulfonamides is 1. The third-order valence-electron chi connectivity index (χ3n) is 3.30. The van der Waals surface area contributed by atoms with E-state index in [0.29, 0.717) is 23.8 Å². The van der Waals surface area contributed by atoms with Gasteiger partial charge >= 0.3 is 0 Å². The lowest BCUT2D eigenvalue weighted by Crippen LogP contribution is -2.13. The van der Waals surface area contributed by atoms with Crippen molar-refractivity contribution in [1.82, 2.24) is 0 Å². The smallest absolute Gasteiger partial charge is 0.238 e. The molecule has 2 aromatic rings. The molecule has 0 unspecified atom stereocenters. The number of nitrogens with two attached hydrogens (primary N) is 1. The number of aryl methyl sites for hydroxylation is 1. The number of benzene rings is 1. The maximum Gasteiger partial charge on any atom is 0.238 e. The highest BCUT2D eigenvalue weighted by molar-refractivity contribution is 7.89. The summed E-state index contributed by atoms with van der Waals surface area (Å²) in [5.74, 6) is 1.13. The molecular formula is C14H18N2O4S. The molecule has 7 heteroatoms. The molecule has 0 saturated carbocycles. The Hall–Kier alpha value is -1.83. The third kappa shape index (κ3) is 3.63. The van der Waals surface area contributed by atoms with Crippen LogP contribution in [-0.2, 0) is 23.2 Å². The van der Waals surface area contributed by atoms with Crippen LogP contribution in [0.15, 0.2) is 33.6 Å². The standard InChI is InChI=1S/C14H18N2O4S/c1-9-5-13(21(15,18)19)6-14(10(9)2)16-7-11-3-4-12(8-17)20-11/h3-6,16-17H,7-8H2,1-2H3,(H2,15,18,19). The van der Waals surface area contributed by atoms with E-state index in [1.54, 1.807) is 18.2 Å². The Balaban J connectivity index is 2.25. The van der Waals surface area contributed by atoms with Gasteiger partial charge in [0.2, 0.25) is 10.0 Å². The molecule has 114 valence electrons. The zero-order valence-corrected chi connectivity index (χ0v) is 12.7. The fourth-order valence-corrected chi connectivity index (χ4v) is 2.58. The van der Waals surface area contributed by atoms with Crippen molar-refractivity contribution in [2.24, 2.45) is 5.14 Å². The van der Waals surface area contributed by atoms with Gasteiger partial charge in [0.05, 0.1) is 11.4 Å². The van der Waals surface area contributed by atoms with Gasteiger partial charge in [0.25, 0.3) is 0 Å². The molecule has 1 aromatic carbocycles. The number of aliphatic hydroxyl groups excluding tert-OH is 1. The van der Waals surface area contributed by atoms with Crippen molar-refractivity contribution in [3.63, 3.8) is 0 Å². The van der Waals surface area contributed by atoms with Gasteiger partial charge in [0.15, 0.2) is 0 Å². The molecule has 0 saturated heterocycles. The lowest BCUT2D eigenvalue weighted by molar-refractivity contribution is 0.244. The number of sulfonamides is 1. The van der Waals surface area contributed by atoms with Gasteiger partial charge in [-0.1, -0.05) is 0 Å². The van der Waals surface area contributed by atoms with E-state index in [1.165, 1.54) is 6.07 Å². The lowest BCUT2D eigenvalue weighted by Gasteiger charge is -2.12.